The fraction of sp³-hybridized carbons (Fsp3) is 0.462. The lowest BCUT2D eigenvalue weighted by Gasteiger charge is -2.25. The summed E-state index contributed by atoms with van der Waals surface area (Å²) in [5.74, 6) is 0.256. The van der Waals surface area contributed by atoms with E-state index in [4.69, 9.17) is 0 Å². The van der Waals surface area contributed by atoms with Crippen LogP contribution >= 0.6 is 0 Å². The zero-order valence-electron chi connectivity index (χ0n) is 9.12. The molecule has 2 heterocycles. The standard InChI is InChI=1S/C13H15FN2/c14-13-4-3-10(8-16-13)11-6-9-2-1-5-15-12(9)7-11/h3-4,6,8-9,12,15H,1-2,5,7H2/t9-,12+/m1/s1. The number of rotatable bonds is 1. The highest BCUT2D eigenvalue weighted by Crippen LogP contribution is 2.35. The van der Waals surface area contributed by atoms with Gasteiger partial charge in [-0.2, -0.15) is 4.39 Å². The average molecular weight is 218 g/mol. The Morgan fingerprint density at radius 3 is 3.06 bits per heavy atom. The number of nitrogens with zero attached hydrogens (tertiary/aromatic N) is 1. The largest absolute Gasteiger partial charge is 0.313 e. The number of halogens is 1. The molecule has 0 saturated carbocycles. The van der Waals surface area contributed by atoms with Crippen molar-refractivity contribution >= 4 is 5.57 Å². The highest BCUT2D eigenvalue weighted by Gasteiger charge is 2.29. The Morgan fingerprint density at radius 2 is 2.31 bits per heavy atom. The molecule has 1 saturated heterocycles. The van der Waals surface area contributed by atoms with Crippen molar-refractivity contribution in [3.63, 3.8) is 0 Å². The zero-order valence-corrected chi connectivity index (χ0v) is 9.12. The van der Waals surface area contributed by atoms with E-state index in [0.29, 0.717) is 12.0 Å². The fourth-order valence-electron chi connectivity index (χ4n) is 2.74. The van der Waals surface area contributed by atoms with Crippen LogP contribution in [0.25, 0.3) is 5.57 Å². The first-order chi connectivity index (χ1) is 7.83. The van der Waals surface area contributed by atoms with Gasteiger partial charge < -0.3 is 5.32 Å². The maximum Gasteiger partial charge on any atom is 0.212 e. The van der Waals surface area contributed by atoms with Crippen molar-refractivity contribution in [3.05, 3.63) is 35.9 Å². The molecular formula is C13H15FN2. The molecule has 2 nitrogen and oxygen atoms in total. The zero-order chi connectivity index (χ0) is 11.0. The van der Waals surface area contributed by atoms with Crippen LogP contribution in [0.4, 0.5) is 4.39 Å². The van der Waals surface area contributed by atoms with Gasteiger partial charge in [-0.15, -0.1) is 0 Å². The van der Waals surface area contributed by atoms with Crippen LogP contribution in [0.5, 0.6) is 0 Å². The molecule has 2 aliphatic rings. The van der Waals surface area contributed by atoms with Crippen LogP contribution < -0.4 is 5.32 Å². The molecule has 0 unspecified atom stereocenters. The van der Waals surface area contributed by atoms with E-state index in [9.17, 15) is 4.39 Å². The highest BCUT2D eigenvalue weighted by molar-refractivity contribution is 5.68. The van der Waals surface area contributed by atoms with Gasteiger partial charge in [-0.1, -0.05) is 6.08 Å². The third-order valence-corrected chi connectivity index (χ3v) is 3.59. The van der Waals surface area contributed by atoms with Gasteiger partial charge in [0, 0.05) is 12.2 Å². The van der Waals surface area contributed by atoms with E-state index < -0.39 is 5.95 Å². The van der Waals surface area contributed by atoms with E-state index in [0.717, 1.165) is 18.5 Å². The Balaban J connectivity index is 1.83. The normalized spacial score (nSPS) is 28.7. The van der Waals surface area contributed by atoms with Gasteiger partial charge >= 0.3 is 0 Å². The molecule has 1 fully saturated rings. The van der Waals surface area contributed by atoms with E-state index in [1.165, 1.54) is 24.5 Å². The molecule has 1 aromatic rings. The number of hydrogen-bond acceptors (Lipinski definition) is 2. The van der Waals surface area contributed by atoms with Crippen LogP contribution in [-0.2, 0) is 0 Å². The minimum absolute atomic E-state index is 0.405. The summed E-state index contributed by atoms with van der Waals surface area (Å²) < 4.78 is 12.7. The number of nitrogens with one attached hydrogen (secondary N) is 1. The van der Waals surface area contributed by atoms with E-state index in [1.54, 1.807) is 6.20 Å². The van der Waals surface area contributed by atoms with Gasteiger partial charge in [-0.3, -0.25) is 0 Å². The van der Waals surface area contributed by atoms with Crippen LogP contribution in [0.15, 0.2) is 24.4 Å². The summed E-state index contributed by atoms with van der Waals surface area (Å²) in [6.07, 6.45) is 7.56. The van der Waals surface area contributed by atoms with E-state index >= 15 is 0 Å². The predicted octanol–water partition coefficient (Wildman–Crippen LogP) is 2.38. The molecule has 1 aromatic heterocycles. The van der Waals surface area contributed by atoms with Crippen molar-refractivity contribution in [2.75, 3.05) is 6.54 Å². The quantitative estimate of drug-likeness (QED) is 0.732. The molecule has 0 radical (unpaired) electrons. The second-order valence-corrected chi connectivity index (χ2v) is 4.63. The number of hydrogen-bond donors (Lipinski definition) is 1. The lowest BCUT2D eigenvalue weighted by Crippen LogP contribution is -2.37. The Morgan fingerprint density at radius 1 is 1.38 bits per heavy atom. The van der Waals surface area contributed by atoms with Crippen molar-refractivity contribution in [3.8, 4) is 0 Å². The second kappa shape index (κ2) is 3.98. The maximum absolute atomic E-state index is 12.7. The lowest BCUT2D eigenvalue weighted by molar-refractivity contribution is 0.348. The molecule has 16 heavy (non-hydrogen) atoms. The summed E-state index contributed by atoms with van der Waals surface area (Å²) in [5.41, 5.74) is 2.38. The number of pyridine rings is 1. The first-order valence-electron chi connectivity index (χ1n) is 5.89. The Labute approximate surface area is 94.6 Å². The van der Waals surface area contributed by atoms with Crippen LogP contribution in [0.2, 0.25) is 0 Å². The summed E-state index contributed by atoms with van der Waals surface area (Å²) in [6.45, 7) is 1.13. The molecule has 1 aliphatic heterocycles. The first-order valence-corrected chi connectivity index (χ1v) is 5.89. The Hall–Kier alpha value is -1.22. The SMILES string of the molecule is Fc1ccc(C2=C[C@H]3CCCN[C@H]3C2)cn1. The molecule has 1 N–H and O–H groups in total. The summed E-state index contributed by atoms with van der Waals surface area (Å²) in [4.78, 5) is 3.71. The van der Waals surface area contributed by atoms with Gasteiger partial charge in [0.15, 0.2) is 0 Å². The van der Waals surface area contributed by atoms with Crippen molar-refractivity contribution < 1.29 is 4.39 Å². The van der Waals surface area contributed by atoms with Crippen LogP contribution in [0, 0.1) is 11.9 Å². The summed E-state index contributed by atoms with van der Waals surface area (Å²) in [7, 11) is 0. The van der Waals surface area contributed by atoms with Gasteiger partial charge in [0.2, 0.25) is 5.95 Å². The van der Waals surface area contributed by atoms with E-state index in [-0.39, 0.29) is 0 Å². The maximum atomic E-state index is 12.7. The van der Waals surface area contributed by atoms with Crippen molar-refractivity contribution in [2.24, 2.45) is 5.92 Å². The first kappa shape index (κ1) is 9.97. The third kappa shape index (κ3) is 1.76. The number of fused-ring (bicyclic) bond motifs is 1. The van der Waals surface area contributed by atoms with E-state index in [2.05, 4.69) is 16.4 Å². The monoisotopic (exact) mass is 218 g/mol. The molecule has 3 heteroatoms. The molecule has 1 aliphatic carbocycles. The fourth-order valence-corrected chi connectivity index (χ4v) is 2.74. The van der Waals surface area contributed by atoms with Gasteiger partial charge in [-0.05, 0) is 55.0 Å². The lowest BCUT2D eigenvalue weighted by atomic mass is 9.94. The molecule has 84 valence electrons. The number of piperidine rings is 1. The summed E-state index contributed by atoms with van der Waals surface area (Å²) in [5, 5.41) is 3.55. The molecule has 2 atom stereocenters. The predicted molar refractivity (Wildman–Crippen MR) is 61.3 cm³/mol. The topological polar surface area (TPSA) is 24.9 Å². The smallest absolute Gasteiger partial charge is 0.212 e. The molecule has 0 amide bonds. The average Bonchev–Trinajstić information content (AvgIpc) is 2.73. The number of aromatic nitrogens is 1. The van der Waals surface area contributed by atoms with Crippen molar-refractivity contribution in [1.82, 2.24) is 10.3 Å². The van der Waals surface area contributed by atoms with Gasteiger partial charge in [0.1, 0.15) is 0 Å². The second-order valence-electron chi connectivity index (χ2n) is 4.63. The van der Waals surface area contributed by atoms with Crippen molar-refractivity contribution in [1.29, 1.82) is 0 Å². The molecule has 0 bridgehead atoms. The molecule has 0 aromatic carbocycles. The van der Waals surface area contributed by atoms with Gasteiger partial charge in [0.05, 0.1) is 0 Å². The minimum atomic E-state index is -0.405. The van der Waals surface area contributed by atoms with Crippen LogP contribution in [0.1, 0.15) is 24.8 Å². The summed E-state index contributed by atoms with van der Waals surface area (Å²) >= 11 is 0. The van der Waals surface area contributed by atoms with Crippen LogP contribution in [0.3, 0.4) is 0 Å². The van der Waals surface area contributed by atoms with Gasteiger partial charge in [0.25, 0.3) is 0 Å². The molecule has 0 spiro atoms. The van der Waals surface area contributed by atoms with Crippen LogP contribution in [-0.4, -0.2) is 17.6 Å². The molecule has 3 rings (SSSR count). The minimum Gasteiger partial charge on any atom is -0.313 e. The summed E-state index contributed by atoms with van der Waals surface area (Å²) in [6, 6.07) is 3.85. The van der Waals surface area contributed by atoms with Gasteiger partial charge in [-0.25, -0.2) is 4.98 Å². The molecular weight excluding hydrogens is 203 g/mol. The Kier molecular flexibility index (Phi) is 2.48. The Bertz CT molecular complexity index is 410. The van der Waals surface area contributed by atoms with E-state index in [1.807, 2.05) is 6.07 Å². The third-order valence-electron chi connectivity index (χ3n) is 3.59. The van der Waals surface area contributed by atoms with Crippen molar-refractivity contribution in [2.45, 2.75) is 25.3 Å². The highest BCUT2D eigenvalue weighted by atomic mass is 19.1.